The normalized spacial score (nSPS) is 10.6. The number of aliphatic hydroxyl groups excluding tert-OH is 1. The Hall–Kier alpha value is -2.66. The van der Waals surface area contributed by atoms with Gasteiger partial charge in [-0.05, 0) is 12.1 Å². The number of aliphatic hydroxyl groups is 1. The SMILES string of the molecule is COc1cccc(-n2nnc(CO)c2-c2ccccc2)c1. The molecule has 21 heavy (non-hydrogen) atoms. The van der Waals surface area contributed by atoms with E-state index in [2.05, 4.69) is 10.3 Å². The average molecular weight is 281 g/mol. The van der Waals surface area contributed by atoms with Crippen molar-refractivity contribution in [3.05, 3.63) is 60.3 Å². The van der Waals surface area contributed by atoms with Gasteiger partial charge in [0.2, 0.25) is 0 Å². The number of ether oxygens (including phenoxy) is 1. The van der Waals surface area contributed by atoms with Crippen molar-refractivity contribution < 1.29 is 9.84 Å². The lowest BCUT2D eigenvalue weighted by molar-refractivity contribution is 0.277. The van der Waals surface area contributed by atoms with Crippen molar-refractivity contribution in [2.75, 3.05) is 7.11 Å². The van der Waals surface area contributed by atoms with E-state index in [1.54, 1.807) is 11.8 Å². The maximum Gasteiger partial charge on any atom is 0.121 e. The molecule has 5 nitrogen and oxygen atoms in total. The lowest BCUT2D eigenvalue weighted by Gasteiger charge is -2.09. The molecule has 0 atom stereocenters. The molecule has 1 aromatic heterocycles. The molecule has 5 heteroatoms. The Morgan fingerprint density at radius 1 is 1.10 bits per heavy atom. The predicted molar refractivity (Wildman–Crippen MR) is 79.3 cm³/mol. The predicted octanol–water partition coefficient (Wildman–Crippen LogP) is 2.44. The first kappa shape index (κ1) is 13.3. The van der Waals surface area contributed by atoms with Gasteiger partial charge in [0.15, 0.2) is 0 Å². The highest BCUT2D eigenvalue weighted by atomic mass is 16.5. The van der Waals surface area contributed by atoms with Gasteiger partial charge >= 0.3 is 0 Å². The van der Waals surface area contributed by atoms with Crippen molar-refractivity contribution in [2.45, 2.75) is 6.61 Å². The molecule has 0 aliphatic heterocycles. The molecule has 0 fully saturated rings. The summed E-state index contributed by atoms with van der Waals surface area (Å²) in [7, 11) is 1.62. The first-order valence-corrected chi connectivity index (χ1v) is 6.59. The van der Waals surface area contributed by atoms with Crippen molar-refractivity contribution in [3.63, 3.8) is 0 Å². The van der Waals surface area contributed by atoms with Crippen molar-refractivity contribution in [3.8, 4) is 22.7 Å². The van der Waals surface area contributed by atoms with E-state index >= 15 is 0 Å². The number of hydrogen-bond acceptors (Lipinski definition) is 4. The Labute approximate surface area is 122 Å². The lowest BCUT2D eigenvalue weighted by atomic mass is 10.1. The van der Waals surface area contributed by atoms with Gasteiger partial charge < -0.3 is 9.84 Å². The zero-order valence-corrected chi connectivity index (χ0v) is 11.6. The Bertz CT molecular complexity index is 738. The molecule has 0 radical (unpaired) electrons. The standard InChI is InChI=1S/C16H15N3O2/c1-21-14-9-5-8-13(10-14)19-16(15(11-20)17-18-19)12-6-3-2-4-7-12/h2-10,20H,11H2,1H3. The number of benzene rings is 2. The lowest BCUT2D eigenvalue weighted by Crippen LogP contribution is -2.00. The Morgan fingerprint density at radius 2 is 1.90 bits per heavy atom. The zero-order chi connectivity index (χ0) is 14.7. The van der Waals surface area contributed by atoms with Crippen LogP contribution in [0.4, 0.5) is 0 Å². The third kappa shape index (κ3) is 2.51. The van der Waals surface area contributed by atoms with Gasteiger partial charge in [0.05, 0.1) is 19.4 Å². The van der Waals surface area contributed by atoms with Gasteiger partial charge in [-0.25, -0.2) is 4.68 Å². The molecule has 0 amide bonds. The number of nitrogens with zero attached hydrogens (tertiary/aromatic N) is 3. The molecule has 0 unspecified atom stereocenters. The van der Waals surface area contributed by atoms with E-state index in [4.69, 9.17) is 4.74 Å². The van der Waals surface area contributed by atoms with Crippen LogP contribution in [0.15, 0.2) is 54.6 Å². The van der Waals surface area contributed by atoms with Crippen molar-refractivity contribution in [1.29, 1.82) is 0 Å². The summed E-state index contributed by atoms with van der Waals surface area (Å²) >= 11 is 0. The van der Waals surface area contributed by atoms with E-state index < -0.39 is 0 Å². The van der Waals surface area contributed by atoms with Crippen LogP contribution >= 0.6 is 0 Å². The summed E-state index contributed by atoms with van der Waals surface area (Å²) in [5, 5.41) is 17.7. The molecular formula is C16H15N3O2. The fraction of sp³-hybridized carbons (Fsp3) is 0.125. The summed E-state index contributed by atoms with van der Waals surface area (Å²) < 4.78 is 6.96. The maximum absolute atomic E-state index is 9.50. The topological polar surface area (TPSA) is 60.2 Å². The smallest absolute Gasteiger partial charge is 0.121 e. The van der Waals surface area contributed by atoms with Crippen LogP contribution < -0.4 is 4.74 Å². The van der Waals surface area contributed by atoms with E-state index in [9.17, 15) is 5.11 Å². The van der Waals surface area contributed by atoms with Gasteiger partial charge in [-0.2, -0.15) is 0 Å². The number of aromatic nitrogens is 3. The molecular weight excluding hydrogens is 266 g/mol. The zero-order valence-electron chi connectivity index (χ0n) is 11.6. The second-order valence-corrected chi connectivity index (χ2v) is 4.52. The van der Waals surface area contributed by atoms with Crippen molar-refractivity contribution in [1.82, 2.24) is 15.0 Å². The maximum atomic E-state index is 9.50. The van der Waals surface area contributed by atoms with Crippen molar-refractivity contribution in [2.24, 2.45) is 0 Å². The Morgan fingerprint density at radius 3 is 2.62 bits per heavy atom. The summed E-state index contributed by atoms with van der Waals surface area (Å²) in [6, 6.07) is 17.3. The van der Waals surface area contributed by atoms with Gasteiger partial charge in [0.1, 0.15) is 17.1 Å². The highest BCUT2D eigenvalue weighted by Crippen LogP contribution is 2.26. The van der Waals surface area contributed by atoms with E-state index in [0.717, 1.165) is 22.7 Å². The van der Waals surface area contributed by atoms with Gasteiger partial charge in [0, 0.05) is 11.6 Å². The molecule has 1 heterocycles. The first-order valence-electron chi connectivity index (χ1n) is 6.59. The minimum absolute atomic E-state index is 0.159. The van der Waals surface area contributed by atoms with Crippen LogP contribution in [0.25, 0.3) is 16.9 Å². The molecule has 3 aromatic rings. The molecule has 0 saturated carbocycles. The van der Waals surface area contributed by atoms with E-state index in [0.29, 0.717) is 5.69 Å². The largest absolute Gasteiger partial charge is 0.497 e. The molecule has 0 saturated heterocycles. The Balaban J connectivity index is 2.17. The number of rotatable bonds is 4. The quantitative estimate of drug-likeness (QED) is 0.798. The molecule has 0 bridgehead atoms. The molecule has 2 aromatic carbocycles. The van der Waals surface area contributed by atoms with Crippen molar-refractivity contribution >= 4 is 0 Å². The second kappa shape index (κ2) is 5.76. The summed E-state index contributed by atoms with van der Waals surface area (Å²) in [4.78, 5) is 0. The van der Waals surface area contributed by atoms with Gasteiger partial charge in [-0.1, -0.05) is 41.6 Å². The number of methoxy groups -OCH3 is 1. The van der Waals surface area contributed by atoms with Crippen LogP contribution in [0.1, 0.15) is 5.69 Å². The van der Waals surface area contributed by atoms with E-state index in [-0.39, 0.29) is 6.61 Å². The Kier molecular flexibility index (Phi) is 3.66. The molecule has 3 rings (SSSR count). The summed E-state index contributed by atoms with van der Waals surface area (Å²) in [6.45, 7) is -0.159. The number of hydrogen-bond donors (Lipinski definition) is 1. The van der Waals surface area contributed by atoms with Crippen LogP contribution in [-0.4, -0.2) is 27.2 Å². The van der Waals surface area contributed by atoms with Crippen LogP contribution in [-0.2, 0) is 6.61 Å². The fourth-order valence-corrected chi connectivity index (χ4v) is 2.23. The van der Waals surface area contributed by atoms with Crippen LogP contribution in [0.2, 0.25) is 0 Å². The molecule has 1 N–H and O–H groups in total. The summed E-state index contributed by atoms with van der Waals surface area (Å²) in [5.74, 6) is 0.743. The van der Waals surface area contributed by atoms with Gasteiger partial charge in [-0.15, -0.1) is 5.10 Å². The highest BCUT2D eigenvalue weighted by molar-refractivity contribution is 5.64. The molecule has 106 valence electrons. The molecule has 0 spiro atoms. The summed E-state index contributed by atoms with van der Waals surface area (Å²) in [5.41, 5.74) is 3.12. The first-order chi connectivity index (χ1) is 10.3. The van der Waals surface area contributed by atoms with Crippen LogP contribution in [0.5, 0.6) is 5.75 Å². The highest BCUT2D eigenvalue weighted by Gasteiger charge is 2.15. The monoisotopic (exact) mass is 281 g/mol. The van der Waals surface area contributed by atoms with E-state index in [1.165, 1.54) is 0 Å². The van der Waals surface area contributed by atoms with Crippen LogP contribution in [0.3, 0.4) is 0 Å². The molecule has 0 aliphatic rings. The van der Waals surface area contributed by atoms with Gasteiger partial charge in [-0.3, -0.25) is 0 Å². The van der Waals surface area contributed by atoms with Crippen LogP contribution in [0, 0.1) is 0 Å². The third-order valence-electron chi connectivity index (χ3n) is 3.23. The van der Waals surface area contributed by atoms with Gasteiger partial charge in [0.25, 0.3) is 0 Å². The van der Waals surface area contributed by atoms with E-state index in [1.807, 2.05) is 54.6 Å². The fourth-order valence-electron chi connectivity index (χ4n) is 2.23. The third-order valence-corrected chi connectivity index (χ3v) is 3.23. The summed E-state index contributed by atoms with van der Waals surface area (Å²) in [6.07, 6.45) is 0. The molecule has 0 aliphatic carbocycles. The average Bonchev–Trinajstić information content (AvgIpc) is 2.99. The second-order valence-electron chi connectivity index (χ2n) is 4.52. The minimum Gasteiger partial charge on any atom is -0.497 e. The minimum atomic E-state index is -0.159.